The Morgan fingerprint density at radius 2 is 2.20 bits per heavy atom. The average molecular weight is 295 g/mol. The lowest BCUT2D eigenvalue weighted by Gasteiger charge is -2.07. The third-order valence-corrected chi connectivity index (χ3v) is 2.72. The molecule has 0 aliphatic carbocycles. The molecule has 0 amide bonds. The number of halogens is 1. The maximum Gasteiger partial charge on any atom is 0.312 e. The van der Waals surface area contributed by atoms with Crippen LogP contribution in [0.2, 0.25) is 5.02 Å². The molecular weight excluding hydrogens is 284 g/mol. The number of nitro benzene ring substituents is 1. The van der Waals surface area contributed by atoms with Gasteiger partial charge in [0.25, 0.3) is 0 Å². The molecule has 2 aromatic rings. The molecule has 0 aliphatic heterocycles. The summed E-state index contributed by atoms with van der Waals surface area (Å²) in [4.78, 5) is 14.4. The quantitative estimate of drug-likeness (QED) is 0.499. The van der Waals surface area contributed by atoms with Crippen LogP contribution in [0.4, 0.5) is 11.5 Å². The molecule has 104 valence electrons. The zero-order valence-electron chi connectivity index (χ0n) is 10.2. The zero-order valence-corrected chi connectivity index (χ0v) is 11.0. The van der Waals surface area contributed by atoms with Gasteiger partial charge in [0.05, 0.1) is 4.92 Å². The molecule has 0 bridgehead atoms. The molecule has 0 atom stereocenters. The first kappa shape index (κ1) is 14.0. The van der Waals surface area contributed by atoms with E-state index < -0.39 is 4.92 Å². The lowest BCUT2D eigenvalue weighted by Crippen LogP contribution is -2.08. The predicted molar refractivity (Wildman–Crippen MR) is 74.5 cm³/mol. The lowest BCUT2D eigenvalue weighted by atomic mass is 10.3. The van der Waals surface area contributed by atoms with Crippen LogP contribution >= 0.6 is 11.6 Å². The van der Waals surface area contributed by atoms with Crippen molar-refractivity contribution in [3.05, 3.63) is 57.2 Å². The first-order valence-electron chi connectivity index (χ1n) is 5.58. The van der Waals surface area contributed by atoms with E-state index in [1.165, 1.54) is 18.2 Å². The summed E-state index contributed by atoms with van der Waals surface area (Å²) in [5, 5.41) is 11.2. The SMILES string of the molecule is NNc1ccc(COc2ccc(Cl)cc2[N+](=O)[O-])cn1. The Bertz CT molecular complexity index is 619. The van der Waals surface area contributed by atoms with Crippen LogP contribution in [-0.2, 0) is 6.61 Å². The Kier molecular flexibility index (Phi) is 4.34. The highest BCUT2D eigenvalue weighted by atomic mass is 35.5. The van der Waals surface area contributed by atoms with Crippen LogP contribution in [0.25, 0.3) is 0 Å². The van der Waals surface area contributed by atoms with Crippen molar-refractivity contribution in [3.8, 4) is 5.75 Å². The van der Waals surface area contributed by atoms with E-state index in [0.29, 0.717) is 5.82 Å². The van der Waals surface area contributed by atoms with E-state index in [4.69, 9.17) is 22.2 Å². The molecule has 0 radical (unpaired) electrons. The van der Waals surface area contributed by atoms with Crippen molar-refractivity contribution in [2.75, 3.05) is 5.43 Å². The summed E-state index contributed by atoms with van der Waals surface area (Å²) >= 11 is 5.72. The number of hydrazine groups is 1. The molecule has 0 fully saturated rings. The second-order valence-electron chi connectivity index (χ2n) is 3.85. The molecule has 0 saturated heterocycles. The Hall–Kier alpha value is -2.38. The van der Waals surface area contributed by atoms with Gasteiger partial charge in [0, 0.05) is 22.8 Å². The molecule has 0 unspecified atom stereocenters. The minimum atomic E-state index is -0.541. The van der Waals surface area contributed by atoms with Crippen molar-refractivity contribution in [1.29, 1.82) is 0 Å². The number of nitrogens with two attached hydrogens (primary N) is 1. The van der Waals surface area contributed by atoms with Crippen LogP contribution in [-0.4, -0.2) is 9.91 Å². The summed E-state index contributed by atoms with van der Waals surface area (Å²) < 4.78 is 5.42. The van der Waals surface area contributed by atoms with Gasteiger partial charge >= 0.3 is 5.69 Å². The van der Waals surface area contributed by atoms with Gasteiger partial charge in [0.2, 0.25) is 0 Å². The zero-order chi connectivity index (χ0) is 14.5. The van der Waals surface area contributed by atoms with Crippen molar-refractivity contribution in [2.45, 2.75) is 6.61 Å². The smallest absolute Gasteiger partial charge is 0.312 e. The number of nitro groups is 1. The van der Waals surface area contributed by atoms with Gasteiger partial charge in [-0.25, -0.2) is 10.8 Å². The minimum absolute atomic E-state index is 0.153. The van der Waals surface area contributed by atoms with E-state index in [-0.39, 0.29) is 23.1 Å². The molecule has 1 heterocycles. The Balaban J connectivity index is 2.12. The second-order valence-corrected chi connectivity index (χ2v) is 4.29. The highest BCUT2D eigenvalue weighted by Gasteiger charge is 2.15. The molecule has 3 N–H and O–H groups in total. The van der Waals surface area contributed by atoms with Gasteiger partial charge in [-0.3, -0.25) is 10.1 Å². The minimum Gasteiger partial charge on any atom is -0.482 e. The van der Waals surface area contributed by atoms with Gasteiger partial charge in [0.1, 0.15) is 12.4 Å². The lowest BCUT2D eigenvalue weighted by molar-refractivity contribution is -0.385. The summed E-state index contributed by atoms with van der Waals surface area (Å²) in [7, 11) is 0. The molecule has 0 saturated carbocycles. The molecular formula is C12H11ClN4O3. The molecule has 7 nitrogen and oxygen atoms in total. The number of hydrogen-bond donors (Lipinski definition) is 2. The Morgan fingerprint density at radius 1 is 1.40 bits per heavy atom. The summed E-state index contributed by atoms with van der Waals surface area (Å²) in [6.07, 6.45) is 1.57. The molecule has 1 aromatic carbocycles. The summed E-state index contributed by atoms with van der Waals surface area (Å²) in [6.45, 7) is 0.153. The van der Waals surface area contributed by atoms with Gasteiger partial charge in [-0.2, -0.15) is 0 Å². The van der Waals surface area contributed by atoms with Crippen molar-refractivity contribution in [1.82, 2.24) is 4.98 Å². The van der Waals surface area contributed by atoms with Crippen LogP contribution < -0.4 is 16.0 Å². The maximum absolute atomic E-state index is 10.9. The van der Waals surface area contributed by atoms with Crippen molar-refractivity contribution >= 4 is 23.1 Å². The molecule has 2 rings (SSSR count). The number of ether oxygens (including phenoxy) is 1. The van der Waals surface area contributed by atoms with Crippen LogP contribution in [0, 0.1) is 10.1 Å². The van der Waals surface area contributed by atoms with Crippen LogP contribution in [0.5, 0.6) is 5.75 Å². The Labute approximate surface area is 119 Å². The normalized spacial score (nSPS) is 10.1. The van der Waals surface area contributed by atoms with Gasteiger partial charge in [-0.15, -0.1) is 0 Å². The van der Waals surface area contributed by atoms with E-state index in [1.54, 1.807) is 18.3 Å². The number of pyridine rings is 1. The number of benzene rings is 1. The first-order valence-corrected chi connectivity index (χ1v) is 5.96. The van der Waals surface area contributed by atoms with Gasteiger partial charge < -0.3 is 10.2 Å². The number of nitrogens with one attached hydrogen (secondary N) is 1. The van der Waals surface area contributed by atoms with Gasteiger partial charge in [-0.1, -0.05) is 17.7 Å². The third-order valence-electron chi connectivity index (χ3n) is 2.48. The highest BCUT2D eigenvalue weighted by molar-refractivity contribution is 6.30. The van der Waals surface area contributed by atoms with Crippen LogP contribution in [0.1, 0.15) is 5.56 Å². The van der Waals surface area contributed by atoms with Crippen molar-refractivity contribution in [2.24, 2.45) is 5.84 Å². The standard InChI is InChI=1S/C12H11ClN4O3/c13-9-2-3-11(10(5-9)17(18)19)20-7-8-1-4-12(16-14)15-6-8/h1-6H,7,14H2,(H,15,16). The van der Waals surface area contributed by atoms with E-state index in [1.807, 2.05) is 0 Å². The number of nitrogens with zero attached hydrogens (tertiary/aromatic N) is 2. The molecule has 1 aromatic heterocycles. The molecule has 20 heavy (non-hydrogen) atoms. The number of rotatable bonds is 5. The average Bonchev–Trinajstić information content (AvgIpc) is 2.46. The Morgan fingerprint density at radius 3 is 2.80 bits per heavy atom. The van der Waals surface area contributed by atoms with E-state index in [9.17, 15) is 10.1 Å². The summed E-state index contributed by atoms with van der Waals surface area (Å²) in [5.41, 5.74) is 2.98. The van der Waals surface area contributed by atoms with Crippen LogP contribution in [0.3, 0.4) is 0 Å². The summed E-state index contributed by atoms with van der Waals surface area (Å²) in [5.74, 6) is 5.87. The van der Waals surface area contributed by atoms with E-state index in [0.717, 1.165) is 5.56 Å². The monoisotopic (exact) mass is 294 g/mol. The number of anilines is 1. The van der Waals surface area contributed by atoms with Gasteiger partial charge in [0.15, 0.2) is 5.75 Å². The summed E-state index contributed by atoms with van der Waals surface area (Å²) in [6, 6.07) is 7.67. The largest absolute Gasteiger partial charge is 0.482 e. The van der Waals surface area contributed by atoms with Crippen LogP contribution in [0.15, 0.2) is 36.5 Å². The topological polar surface area (TPSA) is 103 Å². The van der Waals surface area contributed by atoms with Gasteiger partial charge in [-0.05, 0) is 18.2 Å². The maximum atomic E-state index is 10.9. The van der Waals surface area contributed by atoms with Crippen molar-refractivity contribution in [3.63, 3.8) is 0 Å². The second kappa shape index (κ2) is 6.18. The fourth-order valence-electron chi connectivity index (χ4n) is 1.51. The molecule has 8 heteroatoms. The fraction of sp³-hybridized carbons (Fsp3) is 0.0833. The van der Waals surface area contributed by atoms with Crippen molar-refractivity contribution < 1.29 is 9.66 Å². The molecule has 0 spiro atoms. The first-order chi connectivity index (χ1) is 9.60. The number of hydrogen-bond acceptors (Lipinski definition) is 6. The van der Waals surface area contributed by atoms with E-state index in [2.05, 4.69) is 10.4 Å². The molecule has 0 aliphatic rings. The fourth-order valence-corrected chi connectivity index (χ4v) is 1.68. The number of nitrogen functional groups attached to an aromatic ring is 1. The van der Waals surface area contributed by atoms with E-state index >= 15 is 0 Å². The third kappa shape index (κ3) is 3.34. The predicted octanol–water partition coefficient (Wildman–Crippen LogP) is 2.51. The highest BCUT2D eigenvalue weighted by Crippen LogP contribution is 2.30. The number of aromatic nitrogens is 1.